The Kier molecular flexibility index (Phi) is 5.37. The molecule has 2 aliphatic heterocycles. The standard InChI is InChI=1S/C36H30N2O4/c1-19-8-12-22(13-9-19)37-33(39)27-18-26(21-6-4-3-5-7-21)28-24-16-17-25(29(28)32(27)36(37)42)31-30(24)34(40)38(35(31)41)23-14-10-20(2)11-15-23/h3-17,24-25,27,29-32H,18H2,1-2H3/t24-,25+,27+,29+,30-,31-,32-/m1/s1. The molecule has 0 aromatic heterocycles. The second kappa shape index (κ2) is 8.96. The van der Waals surface area contributed by atoms with Gasteiger partial charge in [-0.25, -0.2) is 0 Å². The second-order valence-electron chi connectivity index (χ2n) is 12.4. The van der Waals surface area contributed by atoms with Gasteiger partial charge >= 0.3 is 0 Å². The van der Waals surface area contributed by atoms with Crippen LogP contribution in [0, 0.1) is 55.3 Å². The molecule has 0 radical (unpaired) electrons. The molecule has 0 unspecified atom stereocenters. The molecule has 4 aliphatic carbocycles. The first-order valence-electron chi connectivity index (χ1n) is 14.7. The molecule has 2 heterocycles. The van der Waals surface area contributed by atoms with E-state index in [2.05, 4.69) is 12.2 Å². The summed E-state index contributed by atoms with van der Waals surface area (Å²) < 4.78 is 0. The summed E-state index contributed by atoms with van der Waals surface area (Å²) >= 11 is 0. The van der Waals surface area contributed by atoms with Crippen LogP contribution < -0.4 is 9.80 Å². The first kappa shape index (κ1) is 25.2. The number of imide groups is 2. The lowest BCUT2D eigenvalue weighted by atomic mass is 9.49. The molecule has 9 rings (SSSR count). The Balaban J connectivity index is 1.28. The van der Waals surface area contributed by atoms with Gasteiger partial charge in [-0.05, 0) is 61.6 Å². The highest BCUT2D eigenvalue weighted by molar-refractivity contribution is 6.24. The van der Waals surface area contributed by atoms with Crippen molar-refractivity contribution >= 4 is 40.6 Å². The van der Waals surface area contributed by atoms with Crippen molar-refractivity contribution in [1.82, 2.24) is 0 Å². The van der Waals surface area contributed by atoms with E-state index in [0.717, 1.165) is 27.8 Å². The van der Waals surface area contributed by atoms with E-state index in [0.29, 0.717) is 17.8 Å². The quantitative estimate of drug-likeness (QED) is 0.316. The van der Waals surface area contributed by atoms with Crippen molar-refractivity contribution in [3.8, 4) is 0 Å². The van der Waals surface area contributed by atoms with Crippen LogP contribution in [0.1, 0.15) is 23.1 Å². The minimum absolute atomic E-state index is 0.177. The van der Waals surface area contributed by atoms with Crippen molar-refractivity contribution in [2.24, 2.45) is 41.4 Å². The van der Waals surface area contributed by atoms with Crippen LogP contribution in [-0.4, -0.2) is 23.6 Å². The van der Waals surface area contributed by atoms with Gasteiger partial charge in [0.25, 0.3) is 0 Å². The molecule has 2 bridgehead atoms. The summed E-state index contributed by atoms with van der Waals surface area (Å²) in [7, 11) is 0. The molecule has 3 aromatic carbocycles. The van der Waals surface area contributed by atoms with Gasteiger partial charge in [0.05, 0.1) is 35.0 Å². The Bertz CT molecular complexity index is 1740. The highest BCUT2D eigenvalue weighted by Gasteiger charge is 2.67. The molecular formula is C36H30N2O4. The Labute approximate surface area is 244 Å². The van der Waals surface area contributed by atoms with Gasteiger partial charge in [-0.2, -0.15) is 0 Å². The van der Waals surface area contributed by atoms with E-state index < -0.39 is 23.7 Å². The molecule has 0 N–H and O–H groups in total. The number of amides is 4. The number of allylic oxidation sites excluding steroid dienone is 4. The summed E-state index contributed by atoms with van der Waals surface area (Å²) in [5.41, 5.74) is 6.38. The third-order valence-electron chi connectivity index (χ3n) is 10.2. The van der Waals surface area contributed by atoms with Crippen molar-refractivity contribution in [1.29, 1.82) is 0 Å². The highest BCUT2D eigenvalue weighted by atomic mass is 16.2. The van der Waals surface area contributed by atoms with Crippen LogP contribution in [0.5, 0.6) is 0 Å². The molecule has 2 saturated heterocycles. The van der Waals surface area contributed by atoms with Crippen molar-refractivity contribution in [3.05, 3.63) is 113 Å². The minimum atomic E-state index is -0.573. The Morgan fingerprint density at radius 3 is 1.74 bits per heavy atom. The number of rotatable bonds is 3. The van der Waals surface area contributed by atoms with Crippen LogP contribution in [0.25, 0.3) is 5.57 Å². The Morgan fingerprint density at radius 2 is 1.12 bits per heavy atom. The number of fused-ring (bicyclic) bond motifs is 1. The van der Waals surface area contributed by atoms with E-state index >= 15 is 0 Å². The average molecular weight is 555 g/mol. The van der Waals surface area contributed by atoms with Crippen LogP contribution in [0.2, 0.25) is 0 Å². The van der Waals surface area contributed by atoms with Gasteiger partial charge in [-0.1, -0.05) is 83.4 Å². The third kappa shape index (κ3) is 3.32. The fourth-order valence-corrected chi connectivity index (χ4v) is 8.41. The van der Waals surface area contributed by atoms with Gasteiger partial charge in [0.15, 0.2) is 0 Å². The summed E-state index contributed by atoms with van der Waals surface area (Å²) in [6.07, 6.45) is 4.58. The molecule has 0 spiro atoms. The van der Waals surface area contributed by atoms with E-state index in [4.69, 9.17) is 0 Å². The lowest BCUT2D eigenvalue weighted by Gasteiger charge is -2.51. The molecule has 3 aromatic rings. The number of nitrogens with zero attached hydrogens (tertiary/aromatic N) is 2. The zero-order chi connectivity index (χ0) is 28.9. The molecule has 6 nitrogen and oxygen atoms in total. The number of aryl methyl sites for hydroxylation is 2. The van der Waals surface area contributed by atoms with Crippen LogP contribution in [0.3, 0.4) is 0 Å². The monoisotopic (exact) mass is 554 g/mol. The smallest absolute Gasteiger partial charge is 0.238 e. The number of hydrogen-bond donors (Lipinski definition) is 0. The zero-order valence-corrected chi connectivity index (χ0v) is 23.4. The first-order valence-corrected chi connectivity index (χ1v) is 14.7. The van der Waals surface area contributed by atoms with Gasteiger partial charge in [0, 0.05) is 11.8 Å². The maximum absolute atomic E-state index is 14.3. The van der Waals surface area contributed by atoms with Crippen molar-refractivity contribution in [2.45, 2.75) is 20.3 Å². The summed E-state index contributed by atoms with van der Waals surface area (Å²) in [6.45, 7) is 3.95. The first-order chi connectivity index (χ1) is 20.3. The summed E-state index contributed by atoms with van der Waals surface area (Å²) in [4.78, 5) is 59.2. The van der Waals surface area contributed by atoms with Crippen molar-refractivity contribution in [2.75, 3.05) is 9.80 Å². The molecule has 3 fully saturated rings. The fourth-order valence-electron chi connectivity index (χ4n) is 8.41. The molecule has 7 atom stereocenters. The minimum Gasteiger partial charge on any atom is -0.274 e. The van der Waals surface area contributed by atoms with Crippen molar-refractivity contribution < 1.29 is 19.2 Å². The zero-order valence-electron chi connectivity index (χ0n) is 23.4. The van der Waals surface area contributed by atoms with E-state index in [1.54, 1.807) is 0 Å². The molecule has 208 valence electrons. The number of hydrogen-bond acceptors (Lipinski definition) is 4. The normalized spacial score (nSPS) is 31.1. The largest absolute Gasteiger partial charge is 0.274 e. The van der Waals surface area contributed by atoms with Gasteiger partial charge < -0.3 is 0 Å². The molecular weight excluding hydrogens is 524 g/mol. The number of carbonyl (C=O) groups excluding carboxylic acids is 4. The Hall–Kier alpha value is -4.58. The average Bonchev–Trinajstić information content (AvgIpc) is 3.43. The predicted molar refractivity (Wildman–Crippen MR) is 159 cm³/mol. The molecule has 6 heteroatoms. The van der Waals surface area contributed by atoms with Crippen LogP contribution in [0.15, 0.2) is 96.6 Å². The maximum Gasteiger partial charge on any atom is 0.238 e. The van der Waals surface area contributed by atoms with Crippen LogP contribution in [-0.2, 0) is 19.2 Å². The number of anilines is 2. The number of benzene rings is 3. The highest BCUT2D eigenvalue weighted by Crippen LogP contribution is 2.63. The lowest BCUT2D eigenvalue weighted by molar-refractivity contribution is -0.129. The van der Waals surface area contributed by atoms with E-state index in [1.165, 1.54) is 9.80 Å². The predicted octanol–water partition coefficient (Wildman–Crippen LogP) is 5.50. The summed E-state index contributed by atoms with van der Waals surface area (Å²) in [5, 5.41) is 0. The molecule has 4 amide bonds. The number of carbonyl (C=O) groups is 4. The van der Waals surface area contributed by atoms with Gasteiger partial charge in [0.1, 0.15) is 0 Å². The van der Waals surface area contributed by atoms with Crippen LogP contribution >= 0.6 is 0 Å². The van der Waals surface area contributed by atoms with Gasteiger partial charge in [-0.3, -0.25) is 29.0 Å². The second-order valence-corrected chi connectivity index (χ2v) is 12.4. The van der Waals surface area contributed by atoms with E-state index in [9.17, 15) is 19.2 Å². The molecule has 6 aliphatic rings. The van der Waals surface area contributed by atoms with Gasteiger partial charge in [-0.15, -0.1) is 0 Å². The summed E-state index contributed by atoms with van der Waals surface area (Å²) in [5.74, 6) is -3.90. The van der Waals surface area contributed by atoms with Crippen LogP contribution in [0.4, 0.5) is 11.4 Å². The van der Waals surface area contributed by atoms with E-state index in [1.807, 2.05) is 92.7 Å². The lowest BCUT2D eigenvalue weighted by Crippen LogP contribution is -2.51. The van der Waals surface area contributed by atoms with Crippen molar-refractivity contribution in [3.63, 3.8) is 0 Å². The topological polar surface area (TPSA) is 74.8 Å². The SMILES string of the molecule is Cc1ccc(N2C(=O)[C@@H]3[C@H]4C=C[C@H](C5=C(c6ccccc6)C[C@@H]6C(=O)N(c7ccc(C)cc7)C(=O)[C@H]6[C@H]54)[C@H]3C2=O)cc1. The third-order valence-corrected chi connectivity index (χ3v) is 10.2. The Morgan fingerprint density at radius 1 is 0.571 bits per heavy atom. The maximum atomic E-state index is 14.3. The van der Waals surface area contributed by atoms with Gasteiger partial charge in [0.2, 0.25) is 23.6 Å². The molecule has 42 heavy (non-hydrogen) atoms. The fraction of sp³-hybridized carbons (Fsp3) is 0.278. The van der Waals surface area contributed by atoms with E-state index in [-0.39, 0.29) is 41.4 Å². The summed E-state index contributed by atoms with van der Waals surface area (Å²) in [6, 6.07) is 25.0. The molecule has 1 saturated carbocycles.